The van der Waals surface area contributed by atoms with Crippen LogP contribution in [0.3, 0.4) is 0 Å². The lowest BCUT2D eigenvalue weighted by atomic mass is 10.1. The molecule has 1 aromatic carbocycles. The number of benzene rings is 1. The van der Waals surface area contributed by atoms with Gasteiger partial charge in [0.05, 0.1) is 0 Å². The average Bonchev–Trinajstić information content (AvgIpc) is 2.82. The van der Waals surface area contributed by atoms with Crippen LogP contribution in [0.1, 0.15) is 24.8 Å². The Labute approximate surface area is 101 Å². The molecule has 0 aromatic heterocycles. The molecule has 3 heteroatoms. The number of allylic oxidation sites excluding steroid dienone is 2. The molecule has 1 heterocycles. The van der Waals surface area contributed by atoms with E-state index in [2.05, 4.69) is 12.1 Å². The van der Waals surface area contributed by atoms with Crippen LogP contribution in [0.4, 0.5) is 0 Å². The van der Waals surface area contributed by atoms with Gasteiger partial charge in [0, 0.05) is 6.42 Å². The van der Waals surface area contributed by atoms with Crippen LogP contribution in [0, 0.1) is 0 Å². The van der Waals surface area contributed by atoms with E-state index in [4.69, 9.17) is 9.47 Å². The molecule has 0 amide bonds. The smallest absolute Gasteiger partial charge is 0.231 e. The van der Waals surface area contributed by atoms with Gasteiger partial charge in [0.1, 0.15) is 0 Å². The Morgan fingerprint density at radius 2 is 2.12 bits per heavy atom. The summed E-state index contributed by atoms with van der Waals surface area (Å²) in [7, 11) is 0. The summed E-state index contributed by atoms with van der Waals surface area (Å²) in [5.74, 6) is 1.71. The van der Waals surface area contributed by atoms with E-state index < -0.39 is 0 Å². The second-order valence-corrected chi connectivity index (χ2v) is 3.84. The average molecular weight is 231 g/mol. The Hall–Kier alpha value is -1.77. The SMILES string of the molecule is O=[C]CCC=CCCc1cccc2c1OCO2. The fraction of sp³-hybridized carbons (Fsp3) is 0.357. The van der Waals surface area contributed by atoms with Crippen molar-refractivity contribution in [1.29, 1.82) is 0 Å². The van der Waals surface area contributed by atoms with E-state index in [-0.39, 0.29) is 0 Å². The first kappa shape index (κ1) is 11.7. The summed E-state index contributed by atoms with van der Waals surface area (Å²) < 4.78 is 10.7. The molecule has 17 heavy (non-hydrogen) atoms. The molecule has 0 atom stereocenters. The monoisotopic (exact) mass is 231 g/mol. The number of para-hydroxylation sites is 1. The number of unbranched alkanes of at least 4 members (excludes halogenated alkanes) is 1. The standard InChI is InChI=1S/C14H15O3/c15-10-5-3-1-2-4-7-12-8-6-9-13-14(12)17-11-16-13/h1-2,6,8-9H,3-5,7,11H2. The summed E-state index contributed by atoms with van der Waals surface area (Å²) in [5, 5.41) is 0. The molecule has 1 radical (unpaired) electrons. The molecule has 0 bridgehead atoms. The topological polar surface area (TPSA) is 35.5 Å². The van der Waals surface area contributed by atoms with Gasteiger partial charge in [0.25, 0.3) is 0 Å². The number of ether oxygens (including phenoxy) is 2. The van der Waals surface area contributed by atoms with Crippen LogP contribution < -0.4 is 9.47 Å². The van der Waals surface area contributed by atoms with Gasteiger partial charge in [-0.2, -0.15) is 0 Å². The summed E-state index contributed by atoms with van der Waals surface area (Å²) in [6.07, 6.45) is 9.10. The normalized spacial score (nSPS) is 13.2. The predicted molar refractivity (Wildman–Crippen MR) is 65.0 cm³/mol. The lowest BCUT2D eigenvalue weighted by molar-refractivity contribution is 0.173. The van der Waals surface area contributed by atoms with Gasteiger partial charge in [0.15, 0.2) is 17.8 Å². The number of carbonyl (C=O) groups excluding carboxylic acids is 1. The Morgan fingerprint density at radius 1 is 1.24 bits per heavy atom. The summed E-state index contributed by atoms with van der Waals surface area (Å²) in [6.45, 7) is 0.317. The molecular weight excluding hydrogens is 216 g/mol. The van der Waals surface area contributed by atoms with Crippen molar-refractivity contribution >= 4 is 6.29 Å². The van der Waals surface area contributed by atoms with Crippen molar-refractivity contribution in [3.05, 3.63) is 35.9 Å². The van der Waals surface area contributed by atoms with Crippen LogP contribution >= 0.6 is 0 Å². The minimum absolute atomic E-state index is 0.317. The van der Waals surface area contributed by atoms with Gasteiger partial charge in [0.2, 0.25) is 6.79 Å². The first-order chi connectivity index (χ1) is 8.42. The molecule has 0 unspecified atom stereocenters. The van der Waals surface area contributed by atoms with E-state index in [0.717, 1.165) is 30.8 Å². The van der Waals surface area contributed by atoms with Crippen molar-refractivity contribution in [2.24, 2.45) is 0 Å². The summed E-state index contributed by atoms with van der Waals surface area (Å²) >= 11 is 0. The quantitative estimate of drug-likeness (QED) is 0.558. The molecular formula is C14H15O3. The van der Waals surface area contributed by atoms with Crippen molar-refractivity contribution in [3.63, 3.8) is 0 Å². The lowest BCUT2D eigenvalue weighted by Crippen LogP contribution is -1.94. The van der Waals surface area contributed by atoms with Crippen molar-refractivity contribution in [3.8, 4) is 11.5 Å². The minimum Gasteiger partial charge on any atom is -0.454 e. The van der Waals surface area contributed by atoms with E-state index >= 15 is 0 Å². The van der Waals surface area contributed by atoms with Gasteiger partial charge in [-0.05, 0) is 30.9 Å². The third-order valence-corrected chi connectivity index (χ3v) is 2.64. The number of hydrogen-bond acceptors (Lipinski definition) is 3. The van der Waals surface area contributed by atoms with E-state index in [1.807, 2.05) is 24.5 Å². The highest BCUT2D eigenvalue weighted by molar-refractivity contribution is 5.50. The summed E-state index contributed by atoms with van der Waals surface area (Å²) in [5.41, 5.74) is 1.17. The Kier molecular flexibility index (Phi) is 4.19. The molecule has 0 saturated heterocycles. The second-order valence-electron chi connectivity index (χ2n) is 3.84. The fourth-order valence-corrected chi connectivity index (χ4v) is 1.80. The van der Waals surface area contributed by atoms with Crippen LogP contribution in [0.25, 0.3) is 0 Å². The van der Waals surface area contributed by atoms with Crippen molar-refractivity contribution in [2.75, 3.05) is 6.79 Å². The zero-order chi connectivity index (χ0) is 11.9. The van der Waals surface area contributed by atoms with Crippen LogP contribution in [0.5, 0.6) is 11.5 Å². The molecule has 1 aliphatic rings. The molecule has 0 spiro atoms. The maximum atomic E-state index is 10.00. The molecule has 89 valence electrons. The Morgan fingerprint density at radius 3 is 3.00 bits per heavy atom. The number of rotatable bonds is 6. The van der Waals surface area contributed by atoms with Crippen LogP contribution in [0.2, 0.25) is 0 Å². The van der Waals surface area contributed by atoms with Gasteiger partial charge in [-0.1, -0.05) is 24.3 Å². The van der Waals surface area contributed by atoms with Crippen LogP contribution in [0.15, 0.2) is 30.4 Å². The second kappa shape index (κ2) is 6.09. The van der Waals surface area contributed by atoms with Crippen molar-refractivity contribution in [1.82, 2.24) is 0 Å². The molecule has 2 rings (SSSR count). The molecule has 0 N–H and O–H groups in total. The zero-order valence-electron chi connectivity index (χ0n) is 9.65. The van der Waals surface area contributed by atoms with Crippen molar-refractivity contribution in [2.45, 2.75) is 25.7 Å². The van der Waals surface area contributed by atoms with E-state index in [1.54, 1.807) is 0 Å². The zero-order valence-corrected chi connectivity index (χ0v) is 9.65. The molecule has 3 nitrogen and oxygen atoms in total. The van der Waals surface area contributed by atoms with Crippen LogP contribution in [-0.4, -0.2) is 13.1 Å². The third kappa shape index (κ3) is 3.09. The molecule has 0 saturated carbocycles. The van der Waals surface area contributed by atoms with Gasteiger partial charge in [-0.15, -0.1) is 0 Å². The fourth-order valence-electron chi connectivity index (χ4n) is 1.80. The largest absolute Gasteiger partial charge is 0.454 e. The molecule has 0 aliphatic carbocycles. The number of hydrogen-bond donors (Lipinski definition) is 0. The Bertz CT molecular complexity index is 410. The molecule has 1 aromatic rings. The van der Waals surface area contributed by atoms with Crippen LogP contribution in [-0.2, 0) is 11.2 Å². The first-order valence-corrected chi connectivity index (χ1v) is 5.79. The van der Waals surface area contributed by atoms with Gasteiger partial charge >= 0.3 is 0 Å². The molecule has 0 fully saturated rings. The first-order valence-electron chi connectivity index (χ1n) is 5.79. The highest BCUT2D eigenvalue weighted by atomic mass is 16.7. The van der Waals surface area contributed by atoms with E-state index in [1.165, 1.54) is 5.56 Å². The highest BCUT2D eigenvalue weighted by Gasteiger charge is 2.16. The van der Waals surface area contributed by atoms with Gasteiger partial charge in [-0.3, -0.25) is 4.79 Å². The van der Waals surface area contributed by atoms with E-state index in [9.17, 15) is 4.79 Å². The predicted octanol–water partition coefficient (Wildman–Crippen LogP) is 2.79. The van der Waals surface area contributed by atoms with Gasteiger partial charge < -0.3 is 9.47 Å². The maximum Gasteiger partial charge on any atom is 0.231 e. The minimum atomic E-state index is 0.317. The highest BCUT2D eigenvalue weighted by Crippen LogP contribution is 2.35. The Balaban J connectivity index is 1.85. The summed E-state index contributed by atoms with van der Waals surface area (Å²) in [4.78, 5) is 10.00. The lowest BCUT2D eigenvalue weighted by Gasteiger charge is -2.03. The number of aryl methyl sites for hydroxylation is 1. The van der Waals surface area contributed by atoms with Gasteiger partial charge in [-0.25, -0.2) is 0 Å². The summed E-state index contributed by atoms with van der Waals surface area (Å²) in [6, 6.07) is 5.95. The maximum absolute atomic E-state index is 10.00. The van der Waals surface area contributed by atoms with Crippen molar-refractivity contribution < 1.29 is 14.3 Å². The third-order valence-electron chi connectivity index (χ3n) is 2.64. The molecule has 1 aliphatic heterocycles. The van der Waals surface area contributed by atoms with E-state index in [0.29, 0.717) is 13.2 Å². The number of fused-ring (bicyclic) bond motifs is 1.